The zero-order valence-electron chi connectivity index (χ0n) is 53.1. The van der Waals surface area contributed by atoms with Crippen molar-refractivity contribution in [1.29, 1.82) is 0 Å². The van der Waals surface area contributed by atoms with Crippen molar-refractivity contribution in [2.24, 2.45) is 0 Å². The summed E-state index contributed by atoms with van der Waals surface area (Å²) in [6.45, 7) is 4.92. The van der Waals surface area contributed by atoms with Crippen molar-refractivity contribution in [2.45, 2.75) is 392 Å². The van der Waals surface area contributed by atoms with Crippen LogP contribution >= 0.6 is 0 Å². The highest BCUT2D eigenvalue weighted by Gasteiger charge is 2.18. The summed E-state index contributed by atoms with van der Waals surface area (Å²) in [5, 5.41) is 23.2. The Balaban J connectivity index is 3.46. The predicted octanol–water partition coefficient (Wildman–Crippen LogP) is 22.9. The summed E-state index contributed by atoms with van der Waals surface area (Å²) in [6.07, 6.45) is 89.0. The van der Waals surface area contributed by atoms with Crippen LogP contribution in [0.1, 0.15) is 380 Å². The molecular formula is C73H137NO5. The second-order valence-electron chi connectivity index (χ2n) is 24.2. The van der Waals surface area contributed by atoms with Crippen LogP contribution in [-0.2, 0) is 14.3 Å². The van der Waals surface area contributed by atoms with Gasteiger partial charge in [-0.3, -0.25) is 9.59 Å². The Hall–Kier alpha value is -2.18. The number of rotatable bonds is 66. The smallest absolute Gasteiger partial charge is 0.305 e. The van der Waals surface area contributed by atoms with Crippen molar-refractivity contribution in [2.75, 3.05) is 13.2 Å². The van der Waals surface area contributed by atoms with Crippen LogP contribution in [0.2, 0.25) is 0 Å². The maximum absolute atomic E-state index is 12.5. The van der Waals surface area contributed by atoms with E-state index >= 15 is 0 Å². The number of carbonyl (C=O) groups excluding carboxylic acids is 2. The lowest BCUT2D eigenvalue weighted by atomic mass is 10.0. The van der Waals surface area contributed by atoms with Gasteiger partial charge in [-0.05, 0) is 89.9 Å². The lowest BCUT2D eigenvalue weighted by Gasteiger charge is -2.20. The number of esters is 1. The van der Waals surface area contributed by atoms with E-state index < -0.39 is 12.1 Å². The Morgan fingerprint density at radius 1 is 0.354 bits per heavy atom. The van der Waals surface area contributed by atoms with E-state index in [2.05, 4.69) is 55.6 Å². The summed E-state index contributed by atoms with van der Waals surface area (Å²) in [5.74, 6) is -0.0699. The average Bonchev–Trinajstić information content (AvgIpc) is 3.45. The molecule has 0 aliphatic heterocycles. The fourth-order valence-corrected chi connectivity index (χ4v) is 10.9. The van der Waals surface area contributed by atoms with Gasteiger partial charge in [0, 0.05) is 12.8 Å². The molecule has 1 amide bonds. The van der Waals surface area contributed by atoms with Gasteiger partial charge in [-0.15, -0.1) is 0 Å². The molecule has 0 aromatic carbocycles. The second-order valence-corrected chi connectivity index (χ2v) is 24.2. The van der Waals surface area contributed by atoms with E-state index in [1.807, 2.05) is 6.08 Å². The molecule has 3 N–H and O–H groups in total. The van der Waals surface area contributed by atoms with Gasteiger partial charge in [-0.1, -0.05) is 326 Å². The largest absolute Gasteiger partial charge is 0.466 e. The Morgan fingerprint density at radius 2 is 0.633 bits per heavy atom. The summed E-state index contributed by atoms with van der Waals surface area (Å²) < 4.78 is 5.49. The normalized spacial score (nSPS) is 12.8. The number of hydrogen-bond acceptors (Lipinski definition) is 5. The number of amides is 1. The van der Waals surface area contributed by atoms with Crippen molar-refractivity contribution < 1.29 is 24.5 Å². The standard InChI is InChI=1S/C73H137NO5/c1-3-5-7-9-11-13-15-17-19-21-22-28-31-34-37-41-45-49-53-57-61-65-71(76)70(69-75)74-72(77)66-62-58-54-50-46-42-38-35-32-29-26-24-23-25-27-30-33-36-40-44-48-52-56-60-64-68-79-73(78)67-63-59-55-51-47-43-39-20-18-16-14-12-10-8-6-4-2/h20,24-27,39,61,65,70-71,75-76H,3-19,21-23,28-38,40-60,62-64,66-69H2,1-2H3,(H,74,77)/b26-24-,27-25-,39-20-,65-61+. The molecule has 6 heteroatoms. The number of ether oxygens (including phenoxy) is 1. The molecule has 0 aromatic rings. The summed E-state index contributed by atoms with van der Waals surface area (Å²) in [6, 6.07) is -0.634. The lowest BCUT2D eigenvalue weighted by Crippen LogP contribution is -2.45. The van der Waals surface area contributed by atoms with E-state index in [-0.39, 0.29) is 18.5 Å². The van der Waals surface area contributed by atoms with E-state index in [0.717, 1.165) is 51.4 Å². The van der Waals surface area contributed by atoms with Crippen LogP contribution in [-0.4, -0.2) is 47.4 Å². The van der Waals surface area contributed by atoms with Crippen molar-refractivity contribution in [3.05, 3.63) is 48.6 Å². The number of aliphatic hydroxyl groups is 2. The van der Waals surface area contributed by atoms with Gasteiger partial charge < -0.3 is 20.3 Å². The van der Waals surface area contributed by atoms with Crippen molar-refractivity contribution in [3.8, 4) is 0 Å². The molecule has 0 aromatic heterocycles. The fourth-order valence-electron chi connectivity index (χ4n) is 10.9. The Morgan fingerprint density at radius 3 is 0.975 bits per heavy atom. The van der Waals surface area contributed by atoms with E-state index in [9.17, 15) is 19.8 Å². The van der Waals surface area contributed by atoms with Gasteiger partial charge in [0.05, 0.1) is 25.4 Å². The Labute approximate surface area is 493 Å². The molecule has 0 rings (SSSR count). The summed E-state index contributed by atoms with van der Waals surface area (Å²) in [5.41, 5.74) is 0. The molecule has 0 saturated heterocycles. The van der Waals surface area contributed by atoms with Gasteiger partial charge in [0.15, 0.2) is 0 Å². The van der Waals surface area contributed by atoms with Gasteiger partial charge in [-0.2, -0.15) is 0 Å². The van der Waals surface area contributed by atoms with Crippen molar-refractivity contribution in [3.63, 3.8) is 0 Å². The highest BCUT2D eigenvalue weighted by molar-refractivity contribution is 5.76. The van der Waals surface area contributed by atoms with Crippen LogP contribution in [0.15, 0.2) is 48.6 Å². The van der Waals surface area contributed by atoms with E-state index in [0.29, 0.717) is 19.4 Å². The molecule has 6 nitrogen and oxygen atoms in total. The Kier molecular flexibility index (Phi) is 66.4. The number of aliphatic hydroxyl groups excluding tert-OH is 2. The molecule has 0 heterocycles. The van der Waals surface area contributed by atoms with Crippen LogP contribution < -0.4 is 5.32 Å². The number of carbonyl (C=O) groups is 2. The van der Waals surface area contributed by atoms with Crippen LogP contribution in [0.4, 0.5) is 0 Å². The fraction of sp³-hybridized carbons (Fsp3) is 0.863. The van der Waals surface area contributed by atoms with Gasteiger partial charge >= 0.3 is 5.97 Å². The number of allylic oxidation sites excluding steroid dienone is 7. The van der Waals surface area contributed by atoms with E-state index in [4.69, 9.17) is 4.74 Å². The highest BCUT2D eigenvalue weighted by atomic mass is 16.5. The van der Waals surface area contributed by atoms with Crippen molar-refractivity contribution in [1.82, 2.24) is 5.32 Å². The first-order valence-corrected chi connectivity index (χ1v) is 35.4. The number of nitrogens with one attached hydrogen (secondary N) is 1. The molecule has 464 valence electrons. The molecule has 0 aliphatic carbocycles. The molecule has 0 radical (unpaired) electrons. The third-order valence-corrected chi connectivity index (χ3v) is 16.3. The van der Waals surface area contributed by atoms with Crippen LogP contribution in [0, 0.1) is 0 Å². The predicted molar refractivity (Wildman–Crippen MR) is 347 cm³/mol. The zero-order chi connectivity index (χ0) is 57.1. The molecule has 0 bridgehead atoms. The quantitative estimate of drug-likeness (QED) is 0.0320. The minimum atomic E-state index is -0.851. The molecule has 2 unspecified atom stereocenters. The molecule has 0 spiro atoms. The average molecular weight is 1110 g/mol. The van der Waals surface area contributed by atoms with Gasteiger partial charge in [0.25, 0.3) is 0 Å². The van der Waals surface area contributed by atoms with Gasteiger partial charge in [0.1, 0.15) is 0 Å². The monoisotopic (exact) mass is 1110 g/mol. The number of hydrogen-bond donors (Lipinski definition) is 3. The lowest BCUT2D eigenvalue weighted by molar-refractivity contribution is -0.143. The first kappa shape index (κ1) is 76.8. The SMILES string of the molecule is CCCCCCCCC/C=C\CCCCCCCC(=O)OCCCCCCCCCCC/C=C\C/C=C\CCCCCCCCCCCC(=O)NC(CO)C(O)/C=C/CCCCCCCCCCCCCCCCCCCCC. The molecular weight excluding hydrogens is 971 g/mol. The van der Waals surface area contributed by atoms with Crippen LogP contribution in [0.3, 0.4) is 0 Å². The minimum Gasteiger partial charge on any atom is -0.466 e. The summed E-state index contributed by atoms with van der Waals surface area (Å²) >= 11 is 0. The van der Waals surface area contributed by atoms with Crippen molar-refractivity contribution >= 4 is 11.9 Å². The third kappa shape index (κ3) is 64.8. The third-order valence-electron chi connectivity index (χ3n) is 16.3. The first-order valence-electron chi connectivity index (χ1n) is 35.4. The zero-order valence-corrected chi connectivity index (χ0v) is 53.1. The van der Waals surface area contributed by atoms with Gasteiger partial charge in [-0.25, -0.2) is 0 Å². The maximum atomic E-state index is 12.5. The van der Waals surface area contributed by atoms with Gasteiger partial charge in [0.2, 0.25) is 5.91 Å². The molecule has 0 saturated carbocycles. The van der Waals surface area contributed by atoms with E-state index in [1.54, 1.807) is 6.08 Å². The molecule has 2 atom stereocenters. The van der Waals surface area contributed by atoms with Crippen LogP contribution in [0.25, 0.3) is 0 Å². The minimum absolute atomic E-state index is 0.00141. The maximum Gasteiger partial charge on any atom is 0.305 e. The topological polar surface area (TPSA) is 95.9 Å². The molecule has 0 fully saturated rings. The summed E-state index contributed by atoms with van der Waals surface area (Å²) in [7, 11) is 0. The first-order chi connectivity index (χ1) is 39.0. The van der Waals surface area contributed by atoms with E-state index in [1.165, 1.54) is 302 Å². The molecule has 79 heavy (non-hydrogen) atoms. The van der Waals surface area contributed by atoms with Crippen LogP contribution in [0.5, 0.6) is 0 Å². The second kappa shape index (κ2) is 68.3. The molecule has 0 aliphatic rings. The Bertz CT molecular complexity index is 1320. The highest BCUT2D eigenvalue weighted by Crippen LogP contribution is 2.18. The summed E-state index contributed by atoms with van der Waals surface area (Å²) in [4.78, 5) is 24.6. The number of unbranched alkanes of at least 4 members (excludes halogenated alkanes) is 49.